The van der Waals surface area contributed by atoms with Crippen molar-refractivity contribution in [2.45, 2.75) is 31.1 Å². The molecule has 1 aromatic carbocycles. The molecule has 2 N–H and O–H groups in total. The van der Waals surface area contributed by atoms with Gasteiger partial charge in [0.2, 0.25) is 5.89 Å². The maximum Gasteiger partial charge on any atom is 0.234 e. The molecular formula is C14H16BrN3O. The van der Waals surface area contributed by atoms with Crippen LogP contribution in [0.25, 0.3) is 0 Å². The number of rotatable bonds is 4. The van der Waals surface area contributed by atoms with Gasteiger partial charge in [0, 0.05) is 17.4 Å². The number of benzene rings is 1. The van der Waals surface area contributed by atoms with E-state index in [2.05, 4.69) is 38.2 Å². The van der Waals surface area contributed by atoms with E-state index in [4.69, 9.17) is 10.3 Å². The molecule has 4 nitrogen and oxygen atoms in total. The SMILES string of the molecule is NCC1(c2nc(Cc3cccc(Br)c3)no2)CCC1. The number of hydrogen-bond donors (Lipinski definition) is 1. The van der Waals surface area contributed by atoms with Crippen molar-refractivity contribution in [1.82, 2.24) is 10.1 Å². The first-order chi connectivity index (χ1) is 9.22. The molecule has 3 rings (SSSR count). The minimum atomic E-state index is -0.0531. The highest BCUT2D eigenvalue weighted by molar-refractivity contribution is 9.10. The second-order valence-electron chi connectivity index (χ2n) is 5.16. The smallest absolute Gasteiger partial charge is 0.234 e. The Kier molecular flexibility index (Phi) is 3.41. The molecule has 0 amide bonds. The Morgan fingerprint density at radius 1 is 1.37 bits per heavy atom. The lowest BCUT2D eigenvalue weighted by atomic mass is 9.69. The van der Waals surface area contributed by atoms with E-state index in [1.165, 1.54) is 6.42 Å². The van der Waals surface area contributed by atoms with Gasteiger partial charge in [0.05, 0.1) is 5.41 Å². The Labute approximate surface area is 120 Å². The predicted octanol–water partition coefficient (Wildman–Crippen LogP) is 2.80. The van der Waals surface area contributed by atoms with E-state index >= 15 is 0 Å². The number of nitrogens with zero attached hydrogens (tertiary/aromatic N) is 2. The average molecular weight is 322 g/mol. The lowest BCUT2D eigenvalue weighted by molar-refractivity contribution is 0.181. The summed E-state index contributed by atoms with van der Waals surface area (Å²) in [5, 5.41) is 4.08. The molecule has 1 aliphatic rings. The largest absolute Gasteiger partial charge is 0.339 e. The summed E-state index contributed by atoms with van der Waals surface area (Å²) in [5.41, 5.74) is 6.96. The third kappa shape index (κ3) is 2.44. The van der Waals surface area contributed by atoms with Crippen molar-refractivity contribution in [2.24, 2.45) is 5.73 Å². The summed E-state index contributed by atoms with van der Waals surface area (Å²) in [6.07, 6.45) is 3.99. The van der Waals surface area contributed by atoms with Gasteiger partial charge in [-0.3, -0.25) is 0 Å². The predicted molar refractivity (Wildman–Crippen MR) is 75.8 cm³/mol. The molecule has 0 spiro atoms. The van der Waals surface area contributed by atoms with Gasteiger partial charge in [0.1, 0.15) is 0 Å². The average Bonchev–Trinajstić information content (AvgIpc) is 2.77. The highest BCUT2D eigenvalue weighted by Crippen LogP contribution is 2.41. The molecule has 0 saturated heterocycles. The van der Waals surface area contributed by atoms with Gasteiger partial charge in [-0.2, -0.15) is 4.98 Å². The fraction of sp³-hybridized carbons (Fsp3) is 0.429. The molecular weight excluding hydrogens is 306 g/mol. The van der Waals surface area contributed by atoms with Crippen molar-refractivity contribution in [3.63, 3.8) is 0 Å². The van der Waals surface area contributed by atoms with Crippen molar-refractivity contribution in [1.29, 1.82) is 0 Å². The first-order valence-corrected chi connectivity index (χ1v) is 7.29. The van der Waals surface area contributed by atoms with Crippen LogP contribution < -0.4 is 5.73 Å². The van der Waals surface area contributed by atoms with Crippen LogP contribution in [0, 0.1) is 0 Å². The summed E-state index contributed by atoms with van der Waals surface area (Å²) in [7, 11) is 0. The zero-order valence-electron chi connectivity index (χ0n) is 10.6. The summed E-state index contributed by atoms with van der Waals surface area (Å²) in [6.45, 7) is 0.589. The molecule has 19 heavy (non-hydrogen) atoms. The molecule has 1 aliphatic carbocycles. The lowest BCUT2D eigenvalue weighted by Gasteiger charge is -2.36. The van der Waals surface area contributed by atoms with Crippen LogP contribution in [-0.4, -0.2) is 16.7 Å². The zero-order valence-corrected chi connectivity index (χ0v) is 12.2. The molecule has 1 aromatic heterocycles. The van der Waals surface area contributed by atoms with Crippen LogP contribution in [0.5, 0.6) is 0 Å². The normalized spacial score (nSPS) is 17.2. The summed E-state index contributed by atoms with van der Waals surface area (Å²) < 4.78 is 6.47. The van der Waals surface area contributed by atoms with Gasteiger partial charge in [-0.1, -0.05) is 39.6 Å². The van der Waals surface area contributed by atoms with E-state index in [1.54, 1.807) is 0 Å². The van der Waals surface area contributed by atoms with Crippen molar-refractivity contribution in [3.8, 4) is 0 Å². The highest BCUT2D eigenvalue weighted by atomic mass is 79.9. The van der Waals surface area contributed by atoms with Crippen molar-refractivity contribution in [3.05, 3.63) is 46.0 Å². The molecule has 0 atom stereocenters. The number of aromatic nitrogens is 2. The molecule has 5 heteroatoms. The van der Waals surface area contributed by atoms with Crippen molar-refractivity contribution in [2.75, 3.05) is 6.54 Å². The van der Waals surface area contributed by atoms with Crippen LogP contribution in [0.2, 0.25) is 0 Å². The Bertz CT molecular complexity index is 572. The second-order valence-corrected chi connectivity index (χ2v) is 6.08. The second kappa shape index (κ2) is 5.06. The third-order valence-electron chi connectivity index (χ3n) is 3.87. The van der Waals surface area contributed by atoms with Crippen molar-refractivity contribution < 1.29 is 4.52 Å². The quantitative estimate of drug-likeness (QED) is 0.940. The maximum atomic E-state index is 5.85. The molecule has 1 heterocycles. The van der Waals surface area contributed by atoms with Gasteiger partial charge in [-0.25, -0.2) is 0 Å². The van der Waals surface area contributed by atoms with Gasteiger partial charge in [0.25, 0.3) is 0 Å². The monoisotopic (exact) mass is 321 g/mol. The third-order valence-corrected chi connectivity index (χ3v) is 4.37. The van der Waals surface area contributed by atoms with Gasteiger partial charge >= 0.3 is 0 Å². The minimum absolute atomic E-state index is 0.0531. The van der Waals surface area contributed by atoms with E-state index in [0.29, 0.717) is 18.9 Å². The number of hydrogen-bond acceptors (Lipinski definition) is 4. The van der Waals surface area contributed by atoms with Gasteiger partial charge in [0.15, 0.2) is 5.82 Å². The van der Waals surface area contributed by atoms with Gasteiger partial charge in [-0.15, -0.1) is 0 Å². The summed E-state index contributed by atoms with van der Waals surface area (Å²) in [6, 6.07) is 8.14. The fourth-order valence-corrected chi connectivity index (χ4v) is 2.93. The number of nitrogens with two attached hydrogens (primary N) is 1. The van der Waals surface area contributed by atoms with Crippen LogP contribution >= 0.6 is 15.9 Å². The lowest BCUT2D eigenvalue weighted by Crippen LogP contribution is -2.41. The van der Waals surface area contributed by atoms with Crippen LogP contribution in [-0.2, 0) is 11.8 Å². The van der Waals surface area contributed by atoms with Crippen LogP contribution in [0.4, 0.5) is 0 Å². The molecule has 0 bridgehead atoms. The van der Waals surface area contributed by atoms with E-state index < -0.39 is 0 Å². The van der Waals surface area contributed by atoms with E-state index in [-0.39, 0.29) is 5.41 Å². The first-order valence-electron chi connectivity index (χ1n) is 6.49. The molecule has 0 aliphatic heterocycles. The van der Waals surface area contributed by atoms with Crippen LogP contribution in [0.15, 0.2) is 33.3 Å². The summed E-state index contributed by atoms with van der Waals surface area (Å²) in [5.74, 6) is 1.44. The van der Waals surface area contributed by atoms with Crippen LogP contribution in [0.3, 0.4) is 0 Å². The minimum Gasteiger partial charge on any atom is -0.339 e. The van der Waals surface area contributed by atoms with E-state index in [9.17, 15) is 0 Å². The molecule has 0 unspecified atom stereocenters. The Balaban J connectivity index is 1.78. The van der Waals surface area contributed by atoms with Gasteiger partial charge in [-0.05, 0) is 30.5 Å². The fourth-order valence-electron chi connectivity index (χ4n) is 2.48. The highest BCUT2D eigenvalue weighted by Gasteiger charge is 2.42. The van der Waals surface area contributed by atoms with Gasteiger partial charge < -0.3 is 10.3 Å². The van der Waals surface area contributed by atoms with E-state index in [1.807, 2.05) is 12.1 Å². The Hall–Kier alpha value is -1.20. The van der Waals surface area contributed by atoms with Crippen LogP contribution in [0.1, 0.15) is 36.5 Å². The summed E-state index contributed by atoms with van der Waals surface area (Å²) in [4.78, 5) is 4.53. The van der Waals surface area contributed by atoms with E-state index in [0.717, 1.165) is 28.7 Å². The maximum absolute atomic E-state index is 5.85. The molecule has 1 fully saturated rings. The standard InChI is InChI=1S/C14H16BrN3O/c15-11-4-1-3-10(7-11)8-12-17-13(19-18-12)14(9-16)5-2-6-14/h1,3-4,7H,2,5-6,8-9,16H2. The Morgan fingerprint density at radius 3 is 2.84 bits per heavy atom. The van der Waals surface area contributed by atoms with Crippen molar-refractivity contribution >= 4 is 15.9 Å². The first kappa shape index (κ1) is 12.8. The molecule has 1 saturated carbocycles. The Morgan fingerprint density at radius 2 is 2.21 bits per heavy atom. The topological polar surface area (TPSA) is 64.9 Å². The molecule has 2 aromatic rings. The number of halogens is 1. The molecule has 0 radical (unpaired) electrons. The molecule has 100 valence electrons. The summed E-state index contributed by atoms with van der Waals surface area (Å²) >= 11 is 3.46. The zero-order chi connectivity index (χ0) is 13.3.